The molecule has 0 spiro atoms. The molecule has 0 aliphatic rings. The second kappa shape index (κ2) is 8.68. The molecular weight excluding hydrogens is 434 g/mol. The fourth-order valence-electron chi connectivity index (χ4n) is 4.17. The fraction of sp³-hybridized carbons (Fsp3) is 0.0741. The number of nitrogens with zero attached hydrogens (tertiary/aromatic N) is 1. The third-order valence-corrected chi connectivity index (χ3v) is 5.85. The van der Waals surface area contributed by atoms with E-state index in [-0.39, 0.29) is 5.75 Å². The molecule has 0 aliphatic carbocycles. The number of phenols is 1. The zero-order valence-electron chi connectivity index (χ0n) is 16.7. The van der Waals surface area contributed by atoms with Gasteiger partial charge >= 0.3 is 0 Å². The lowest BCUT2D eigenvalue weighted by molar-refractivity contribution is 0.459. The van der Waals surface area contributed by atoms with Crippen molar-refractivity contribution in [3.8, 4) is 5.75 Å². The van der Waals surface area contributed by atoms with Gasteiger partial charge in [0, 0.05) is 28.9 Å². The van der Waals surface area contributed by atoms with Gasteiger partial charge in [-0.15, -0.1) is 0 Å². The first kappa shape index (κ1) is 20.1. The third-order valence-electron chi connectivity index (χ3n) is 5.40. The molecule has 0 amide bonds. The standard InChI is InChI=1S/C27H22BrNO/c1-29-19-20-17-24(28)18-25(26(20)30)27(21-11-5-2-6-12-21,22-13-7-3-8-14-22)23-15-9-4-10-16-23/h2-19,30H,1H3. The minimum atomic E-state index is -0.700. The van der Waals surface area contributed by atoms with Crippen molar-refractivity contribution < 1.29 is 5.11 Å². The van der Waals surface area contributed by atoms with Gasteiger partial charge in [0.1, 0.15) is 5.75 Å². The number of phenolic OH excluding ortho intramolecular Hbond substituents is 1. The Morgan fingerprint density at radius 3 is 1.57 bits per heavy atom. The lowest BCUT2D eigenvalue weighted by atomic mass is 9.64. The van der Waals surface area contributed by atoms with E-state index in [2.05, 4.69) is 57.3 Å². The van der Waals surface area contributed by atoms with Crippen molar-refractivity contribution in [3.63, 3.8) is 0 Å². The number of benzene rings is 4. The van der Waals surface area contributed by atoms with Gasteiger partial charge in [0.25, 0.3) is 0 Å². The van der Waals surface area contributed by atoms with Crippen LogP contribution in [-0.4, -0.2) is 18.4 Å². The molecule has 0 bridgehead atoms. The van der Waals surface area contributed by atoms with Gasteiger partial charge in [-0.2, -0.15) is 0 Å². The van der Waals surface area contributed by atoms with Crippen LogP contribution < -0.4 is 0 Å². The lowest BCUT2D eigenvalue weighted by Crippen LogP contribution is -2.31. The molecule has 148 valence electrons. The molecule has 1 N–H and O–H groups in total. The Labute approximate surface area is 185 Å². The molecule has 0 saturated heterocycles. The van der Waals surface area contributed by atoms with Gasteiger partial charge in [0.05, 0.1) is 5.41 Å². The first-order chi connectivity index (χ1) is 14.7. The molecule has 4 aromatic carbocycles. The van der Waals surface area contributed by atoms with Gasteiger partial charge in [0.15, 0.2) is 0 Å². The third kappa shape index (κ3) is 3.46. The summed E-state index contributed by atoms with van der Waals surface area (Å²) in [5, 5.41) is 11.5. The topological polar surface area (TPSA) is 32.6 Å². The summed E-state index contributed by atoms with van der Waals surface area (Å²) in [6.45, 7) is 0. The molecule has 0 aliphatic heterocycles. The van der Waals surface area contributed by atoms with Crippen molar-refractivity contribution in [2.75, 3.05) is 7.05 Å². The van der Waals surface area contributed by atoms with Crippen LogP contribution in [0.2, 0.25) is 0 Å². The van der Waals surface area contributed by atoms with E-state index in [4.69, 9.17) is 0 Å². The molecule has 2 nitrogen and oxygen atoms in total. The summed E-state index contributed by atoms with van der Waals surface area (Å²) in [6, 6.07) is 34.9. The zero-order chi connectivity index (χ0) is 21.0. The van der Waals surface area contributed by atoms with Crippen LogP contribution in [0.25, 0.3) is 0 Å². The van der Waals surface area contributed by atoms with Gasteiger partial charge in [-0.3, -0.25) is 4.99 Å². The van der Waals surface area contributed by atoms with Crippen molar-refractivity contribution >= 4 is 22.1 Å². The number of hydrogen-bond acceptors (Lipinski definition) is 2. The van der Waals surface area contributed by atoms with Crippen molar-refractivity contribution in [2.24, 2.45) is 4.99 Å². The highest BCUT2D eigenvalue weighted by Crippen LogP contribution is 2.49. The van der Waals surface area contributed by atoms with Gasteiger partial charge in [-0.1, -0.05) is 107 Å². The first-order valence-corrected chi connectivity index (χ1v) is 10.6. The summed E-state index contributed by atoms with van der Waals surface area (Å²) in [7, 11) is 1.71. The second-order valence-corrected chi connectivity index (χ2v) is 8.04. The summed E-state index contributed by atoms with van der Waals surface area (Å²) in [5.74, 6) is 0.223. The van der Waals surface area contributed by atoms with Crippen molar-refractivity contribution in [1.82, 2.24) is 0 Å². The van der Waals surface area contributed by atoms with Crippen LogP contribution in [0.1, 0.15) is 27.8 Å². The normalized spacial score (nSPS) is 11.7. The minimum Gasteiger partial charge on any atom is -0.507 e. The van der Waals surface area contributed by atoms with Crippen LogP contribution in [0.15, 0.2) is 113 Å². The van der Waals surface area contributed by atoms with Gasteiger partial charge in [-0.25, -0.2) is 0 Å². The van der Waals surface area contributed by atoms with Gasteiger partial charge in [0.2, 0.25) is 0 Å². The van der Waals surface area contributed by atoms with E-state index in [1.54, 1.807) is 13.3 Å². The fourth-order valence-corrected chi connectivity index (χ4v) is 4.65. The summed E-state index contributed by atoms with van der Waals surface area (Å²) >= 11 is 3.65. The maximum atomic E-state index is 11.5. The highest BCUT2D eigenvalue weighted by molar-refractivity contribution is 9.10. The number of aromatic hydroxyl groups is 1. The molecule has 4 rings (SSSR count). The first-order valence-electron chi connectivity index (χ1n) is 9.79. The average molecular weight is 456 g/mol. The van der Waals surface area contributed by atoms with Crippen LogP contribution in [-0.2, 0) is 5.41 Å². The molecule has 0 radical (unpaired) electrons. The largest absolute Gasteiger partial charge is 0.507 e. The van der Waals surface area contributed by atoms with Crippen LogP contribution >= 0.6 is 15.9 Å². The van der Waals surface area contributed by atoms with E-state index >= 15 is 0 Å². The molecule has 0 fully saturated rings. The Morgan fingerprint density at radius 1 is 0.733 bits per heavy atom. The van der Waals surface area contributed by atoms with Crippen molar-refractivity contribution in [2.45, 2.75) is 5.41 Å². The maximum absolute atomic E-state index is 11.5. The number of aliphatic imine (C=N–C) groups is 1. The lowest BCUT2D eigenvalue weighted by Gasteiger charge is -2.37. The Kier molecular flexibility index (Phi) is 5.82. The van der Waals surface area contributed by atoms with Crippen molar-refractivity contribution in [3.05, 3.63) is 135 Å². The second-order valence-electron chi connectivity index (χ2n) is 7.13. The van der Waals surface area contributed by atoms with Gasteiger partial charge < -0.3 is 5.11 Å². The Morgan fingerprint density at radius 2 is 1.17 bits per heavy atom. The van der Waals surface area contributed by atoms with E-state index in [9.17, 15) is 5.11 Å². The summed E-state index contributed by atoms with van der Waals surface area (Å²) in [6.07, 6.45) is 1.69. The number of halogens is 1. The molecule has 0 unspecified atom stereocenters. The maximum Gasteiger partial charge on any atom is 0.129 e. The van der Waals surface area contributed by atoms with E-state index < -0.39 is 5.41 Å². The van der Waals surface area contributed by atoms with E-state index in [1.165, 1.54) is 0 Å². The van der Waals surface area contributed by atoms with Crippen LogP contribution in [0.5, 0.6) is 5.75 Å². The highest BCUT2D eigenvalue weighted by atomic mass is 79.9. The summed E-state index contributed by atoms with van der Waals surface area (Å²) < 4.78 is 0.886. The monoisotopic (exact) mass is 455 g/mol. The van der Waals surface area contributed by atoms with Crippen LogP contribution in [0.4, 0.5) is 0 Å². The molecule has 4 aromatic rings. The molecule has 30 heavy (non-hydrogen) atoms. The summed E-state index contributed by atoms with van der Waals surface area (Å²) in [5.41, 5.74) is 4.01. The molecule has 0 heterocycles. The predicted octanol–water partition coefficient (Wildman–Crippen LogP) is 6.59. The Hall–Kier alpha value is -3.17. The minimum absolute atomic E-state index is 0.223. The molecule has 0 aromatic heterocycles. The zero-order valence-corrected chi connectivity index (χ0v) is 18.3. The smallest absolute Gasteiger partial charge is 0.129 e. The quantitative estimate of drug-likeness (QED) is 0.267. The molecule has 0 saturated carbocycles. The summed E-state index contributed by atoms with van der Waals surface area (Å²) in [4.78, 5) is 4.14. The van der Waals surface area contributed by atoms with E-state index in [1.807, 2.05) is 66.7 Å². The van der Waals surface area contributed by atoms with Crippen LogP contribution in [0.3, 0.4) is 0 Å². The Balaban J connectivity index is 2.20. The van der Waals surface area contributed by atoms with Crippen LogP contribution in [0, 0.1) is 0 Å². The van der Waals surface area contributed by atoms with E-state index in [0.29, 0.717) is 5.56 Å². The van der Waals surface area contributed by atoms with E-state index in [0.717, 1.165) is 26.7 Å². The van der Waals surface area contributed by atoms with Crippen molar-refractivity contribution in [1.29, 1.82) is 0 Å². The number of rotatable bonds is 5. The number of hydrogen-bond donors (Lipinski definition) is 1. The highest BCUT2D eigenvalue weighted by Gasteiger charge is 2.40. The van der Waals surface area contributed by atoms with Gasteiger partial charge in [-0.05, 0) is 28.8 Å². The molecule has 3 heteroatoms. The Bertz CT molecular complexity index is 1060. The molecule has 0 atom stereocenters. The molecular formula is C27H22BrNO. The predicted molar refractivity (Wildman–Crippen MR) is 128 cm³/mol. The SMILES string of the molecule is CN=Cc1cc(Br)cc(C(c2ccccc2)(c2ccccc2)c2ccccc2)c1O. The average Bonchev–Trinajstić information content (AvgIpc) is 2.80.